The van der Waals surface area contributed by atoms with Crippen LogP contribution in [0.5, 0.6) is 11.5 Å². The molecule has 1 aliphatic carbocycles. The summed E-state index contributed by atoms with van der Waals surface area (Å²) >= 11 is 0. The van der Waals surface area contributed by atoms with E-state index in [2.05, 4.69) is 12.1 Å². The Morgan fingerprint density at radius 1 is 0.667 bits per heavy atom. The monoisotopic (exact) mass is 634 g/mol. The Morgan fingerprint density at radius 2 is 1.09 bits per heavy atom. The van der Waals surface area contributed by atoms with E-state index in [1.165, 1.54) is 6.33 Å². The number of benzene rings is 4. The molecule has 5 heterocycles. The van der Waals surface area contributed by atoms with Crippen LogP contribution in [0.3, 0.4) is 0 Å². The highest BCUT2D eigenvalue weighted by atomic mass is 31.2. The quantitative estimate of drug-likeness (QED) is 0.211. The summed E-state index contributed by atoms with van der Waals surface area (Å²) in [6.45, 7) is 3.60. The van der Waals surface area contributed by atoms with Crippen LogP contribution in [0, 0.1) is 0 Å². The van der Waals surface area contributed by atoms with E-state index < -0.39 is 25.6 Å². The lowest BCUT2D eigenvalue weighted by molar-refractivity contribution is -0.932. The van der Waals surface area contributed by atoms with E-state index in [1.807, 2.05) is 48.5 Å². The summed E-state index contributed by atoms with van der Waals surface area (Å²) in [5.74, 6) is 1.34. The van der Waals surface area contributed by atoms with Crippen LogP contribution < -0.4 is 51.5 Å². The van der Waals surface area contributed by atoms with Gasteiger partial charge in [-0.25, -0.2) is 0 Å². The molecule has 0 radical (unpaired) electrons. The Balaban J connectivity index is 1.47. The molecule has 0 saturated carbocycles. The summed E-state index contributed by atoms with van der Waals surface area (Å²) in [7, 11) is -3.07. The molecule has 10 rings (SSSR count). The van der Waals surface area contributed by atoms with Crippen molar-refractivity contribution in [3.63, 3.8) is 0 Å². The third-order valence-corrected chi connectivity index (χ3v) is 16.0. The molecule has 0 spiro atoms. The molecule has 12 heteroatoms. The fourth-order valence-corrected chi connectivity index (χ4v) is 13.9. The summed E-state index contributed by atoms with van der Waals surface area (Å²) in [6.07, 6.45) is 1.45. The smallest absolute Gasteiger partial charge is 0.485 e. The lowest BCUT2D eigenvalue weighted by atomic mass is 9.74. The van der Waals surface area contributed by atoms with E-state index in [0.717, 1.165) is 33.4 Å². The highest BCUT2D eigenvalue weighted by Crippen LogP contribution is 2.63. The van der Waals surface area contributed by atoms with Gasteiger partial charge in [0.2, 0.25) is 6.33 Å². The van der Waals surface area contributed by atoms with Crippen LogP contribution in [-0.2, 0) is 20.5 Å². The summed E-state index contributed by atoms with van der Waals surface area (Å²) in [5.41, 5.74) is 19.3. The van der Waals surface area contributed by atoms with Crippen LogP contribution in [0.1, 0.15) is 45.1 Å². The third kappa shape index (κ3) is 2.47. The first kappa shape index (κ1) is 26.1. The van der Waals surface area contributed by atoms with Crippen molar-refractivity contribution in [2.45, 2.75) is 17.2 Å². The zero-order chi connectivity index (χ0) is 31.0. The topological polar surface area (TPSA) is 138 Å². The Bertz CT molecular complexity index is 2250. The van der Waals surface area contributed by atoms with Crippen molar-refractivity contribution in [3.8, 4) is 22.6 Å². The van der Waals surface area contributed by atoms with Crippen LogP contribution >= 0.6 is 14.3 Å². The van der Waals surface area contributed by atoms with E-state index >= 15 is 0 Å². The summed E-state index contributed by atoms with van der Waals surface area (Å²) < 4.78 is 45.3. The van der Waals surface area contributed by atoms with Gasteiger partial charge in [-0.2, -0.15) is 0 Å². The van der Waals surface area contributed by atoms with Crippen LogP contribution in [0.15, 0.2) is 67.0 Å². The fourth-order valence-electron chi connectivity index (χ4n) is 9.11. The predicted octanol–water partition coefficient (Wildman–Crippen LogP) is 0.787. The van der Waals surface area contributed by atoms with Gasteiger partial charge in [0.25, 0.3) is 0 Å². The number of aromatic nitrogens is 4. The molecular weight excluding hydrogens is 606 g/mol. The maximum atomic E-state index is 14.9. The van der Waals surface area contributed by atoms with E-state index in [0.29, 0.717) is 49.7 Å². The number of hydrogen-bond acceptors (Lipinski definition) is 8. The van der Waals surface area contributed by atoms with Gasteiger partial charge < -0.3 is 18.6 Å². The maximum Gasteiger partial charge on any atom is 0.485 e. The normalized spacial score (nSPS) is 29.4. The Hall–Kier alpha value is -4.20. The molecule has 0 bridgehead atoms. The first-order valence-electron chi connectivity index (χ1n) is 14.7. The fraction of sp³-hybridized carbons (Fsp3) is 0.212. The number of nitrogens with zero attached hydrogens (tertiary/aromatic N) is 4. The molecule has 4 N–H and O–H groups in total. The van der Waals surface area contributed by atoms with E-state index in [1.54, 1.807) is 36.9 Å². The lowest BCUT2D eigenvalue weighted by Gasteiger charge is -2.42. The van der Waals surface area contributed by atoms with Crippen LogP contribution in [-0.4, -0.2) is 37.7 Å². The van der Waals surface area contributed by atoms with Gasteiger partial charge in [-0.1, -0.05) is 36.4 Å². The summed E-state index contributed by atoms with van der Waals surface area (Å²) in [5, 5.41) is 12.4. The minimum Gasteiger partial charge on any atom is -0.496 e. The minimum absolute atomic E-state index is 0.387. The van der Waals surface area contributed by atoms with Gasteiger partial charge in [-0.3, -0.25) is 11.5 Å². The molecule has 1 aromatic heterocycles. The van der Waals surface area contributed by atoms with Crippen molar-refractivity contribution >= 4 is 35.5 Å². The summed E-state index contributed by atoms with van der Waals surface area (Å²) in [4.78, 5) is 0. The van der Waals surface area contributed by atoms with Gasteiger partial charge in [-0.05, 0) is 59.8 Å². The molecule has 222 valence electrons. The van der Waals surface area contributed by atoms with Crippen LogP contribution in [0.2, 0.25) is 0 Å². The molecule has 4 atom stereocenters. The molecular formula is C33H28N6O4P2+2. The SMILES string of the molecule is COc1cccc2c1C1(N)c3c(ccc4c3C3c5c-4ccc4c5C(N)(c5c(OC)cccc5P4(C)=O)[n+]4ncn[n+]1c43)P2(C)=O. The Morgan fingerprint density at radius 3 is 1.51 bits per heavy atom. The minimum atomic E-state index is -3.13. The first-order valence-corrected chi connectivity index (χ1v) is 19.0. The van der Waals surface area contributed by atoms with Crippen molar-refractivity contribution in [3.05, 3.63) is 106 Å². The highest BCUT2D eigenvalue weighted by molar-refractivity contribution is 7.78. The molecule has 4 aliphatic heterocycles. The second-order valence-electron chi connectivity index (χ2n) is 12.7. The van der Waals surface area contributed by atoms with Crippen molar-refractivity contribution in [1.82, 2.24) is 10.2 Å². The Kier molecular flexibility index (Phi) is 4.40. The largest absolute Gasteiger partial charge is 0.496 e. The second-order valence-corrected chi connectivity index (χ2v) is 18.3. The Labute approximate surface area is 258 Å². The van der Waals surface area contributed by atoms with Crippen LogP contribution in [0.25, 0.3) is 11.1 Å². The number of methoxy groups -OCH3 is 2. The van der Waals surface area contributed by atoms with Gasteiger partial charge in [0, 0.05) is 40.8 Å². The van der Waals surface area contributed by atoms with Crippen molar-refractivity contribution < 1.29 is 28.0 Å². The maximum absolute atomic E-state index is 14.9. The van der Waals surface area contributed by atoms with Crippen molar-refractivity contribution in [2.24, 2.45) is 11.5 Å². The zero-order valence-electron chi connectivity index (χ0n) is 24.9. The number of hydrogen-bond donors (Lipinski definition) is 2. The molecule has 10 nitrogen and oxygen atoms in total. The van der Waals surface area contributed by atoms with Gasteiger partial charge in [0.15, 0.2) is 5.92 Å². The van der Waals surface area contributed by atoms with Crippen molar-refractivity contribution in [2.75, 3.05) is 27.5 Å². The molecule has 4 aromatic carbocycles. The van der Waals surface area contributed by atoms with Gasteiger partial charge in [0.05, 0.1) is 36.5 Å². The van der Waals surface area contributed by atoms with Crippen LogP contribution in [0.4, 0.5) is 0 Å². The predicted molar refractivity (Wildman–Crippen MR) is 168 cm³/mol. The van der Waals surface area contributed by atoms with Gasteiger partial charge in [0.1, 0.15) is 25.8 Å². The molecule has 0 saturated heterocycles. The average molecular weight is 635 g/mol. The zero-order valence-corrected chi connectivity index (χ0v) is 26.7. The second kappa shape index (κ2) is 7.60. The molecule has 45 heavy (non-hydrogen) atoms. The lowest BCUT2D eigenvalue weighted by Crippen LogP contribution is -2.83. The van der Waals surface area contributed by atoms with Crippen molar-refractivity contribution in [1.29, 1.82) is 0 Å². The van der Waals surface area contributed by atoms with E-state index in [9.17, 15) is 9.13 Å². The number of ether oxygens (including phenoxy) is 2. The molecule has 0 amide bonds. The summed E-state index contributed by atoms with van der Waals surface area (Å²) in [6, 6.07) is 19.2. The number of nitrogens with two attached hydrogens (primary N) is 2. The molecule has 5 aromatic rings. The van der Waals surface area contributed by atoms with Gasteiger partial charge in [-0.15, -0.1) is 0 Å². The van der Waals surface area contributed by atoms with Gasteiger partial charge >= 0.3 is 17.2 Å². The standard InChI is InChI=1S/C33H28N6O4P2/c1-42-18-7-5-9-20-27(18)32(34)29-22(44(20,3)40)13-11-16-17-12-14-23-30-25(17)26(24(16)29)31-38(32)36-15-37-39(31)33(30,35)28-19(43-2)8-6-10-21(28)45(23,4)41/h5-15,26H,34-35H2,1-4H3/q+2. The van der Waals surface area contributed by atoms with E-state index in [-0.39, 0.29) is 5.92 Å². The number of rotatable bonds is 2. The number of fused-ring (bicyclic) bond motifs is 7. The van der Waals surface area contributed by atoms with E-state index in [4.69, 9.17) is 31.1 Å². The third-order valence-electron chi connectivity index (χ3n) is 10.8. The highest BCUT2D eigenvalue weighted by Gasteiger charge is 2.72. The average Bonchev–Trinajstić information content (AvgIpc) is 3.39. The molecule has 5 aliphatic rings. The molecule has 0 fully saturated rings. The molecule has 4 unspecified atom stereocenters. The first-order chi connectivity index (χ1) is 21.5.